The van der Waals surface area contributed by atoms with Gasteiger partial charge in [-0.1, -0.05) is 23.8 Å². The molecule has 3 rings (SSSR count). The highest BCUT2D eigenvalue weighted by molar-refractivity contribution is 5.95. The van der Waals surface area contributed by atoms with E-state index >= 15 is 0 Å². The second-order valence-electron chi connectivity index (χ2n) is 8.83. The summed E-state index contributed by atoms with van der Waals surface area (Å²) in [5, 5.41) is 2.99. The van der Waals surface area contributed by atoms with Gasteiger partial charge in [-0.3, -0.25) is 14.6 Å². The number of methoxy groups -OCH3 is 1. The smallest absolute Gasteiger partial charge is 0.338 e. The third kappa shape index (κ3) is 5.77. The van der Waals surface area contributed by atoms with Crippen LogP contribution in [0.3, 0.4) is 0 Å². The highest BCUT2D eigenvalue weighted by atomic mass is 16.5. The topological polar surface area (TPSA) is 91.4 Å². The molecule has 1 saturated heterocycles. The molecule has 34 heavy (non-hydrogen) atoms. The summed E-state index contributed by atoms with van der Waals surface area (Å²) in [6.07, 6.45) is 0.799. The highest BCUT2D eigenvalue weighted by Crippen LogP contribution is 2.33. The van der Waals surface area contributed by atoms with Crippen LogP contribution in [-0.4, -0.2) is 92.7 Å². The lowest BCUT2D eigenvalue weighted by Crippen LogP contribution is -2.49. The Balaban J connectivity index is 1.95. The van der Waals surface area contributed by atoms with Crippen LogP contribution in [-0.2, 0) is 19.1 Å². The summed E-state index contributed by atoms with van der Waals surface area (Å²) >= 11 is 0. The van der Waals surface area contributed by atoms with E-state index in [4.69, 9.17) is 9.47 Å². The zero-order valence-corrected chi connectivity index (χ0v) is 20.8. The van der Waals surface area contributed by atoms with Crippen molar-refractivity contribution in [2.75, 3.05) is 60.1 Å². The van der Waals surface area contributed by atoms with Gasteiger partial charge in [0.25, 0.3) is 0 Å². The molecule has 2 heterocycles. The Morgan fingerprint density at radius 2 is 1.91 bits per heavy atom. The molecule has 3 amide bonds. The molecule has 1 aromatic carbocycles. The van der Waals surface area contributed by atoms with Crippen molar-refractivity contribution in [1.29, 1.82) is 0 Å². The minimum absolute atomic E-state index is 0.0279. The van der Waals surface area contributed by atoms with Gasteiger partial charge in [0.1, 0.15) is 6.61 Å². The minimum Gasteiger partial charge on any atom is -0.463 e. The number of ether oxygens (including phenoxy) is 2. The first-order valence-corrected chi connectivity index (χ1v) is 11.8. The molecule has 9 nitrogen and oxygen atoms in total. The summed E-state index contributed by atoms with van der Waals surface area (Å²) in [5.41, 5.74) is 4.06. The Morgan fingerprint density at radius 1 is 1.15 bits per heavy atom. The first kappa shape index (κ1) is 25.7. The molecular weight excluding hydrogens is 436 g/mol. The standard InChI is InChI=1S/C25H36N4O5/c1-6-34-24(31)22-20(15-28-10-7-11-29(13-12-28)21(30)16-33-5)27(4)25(32)26-23(22)19-9-8-17(2)14-18(19)3/h8-9,14,23H,6-7,10-13,15-16H2,1-5H3,(H,26,32). The maximum absolute atomic E-state index is 13.2. The predicted molar refractivity (Wildman–Crippen MR) is 128 cm³/mol. The second kappa shape index (κ2) is 11.5. The number of hydrogen-bond donors (Lipinski definition) is 1. The fourth-order valence-electron chi connectivity index (χ4n) is 4.59. The number of carbonyl (C=O) groups excluding carboxylic acids is 3. The van der Waals surface area contributed by atoms with Crippen molar-refractivity contribution in [2.45, 2.75) is 33.2 Å². The van der Waals surface area contributed by atoms with Gasteiger partial charge >= 0.3 is 12.0 Å². The highest BCUT2D eigenvalue weighted by Gasteiger charge is 2.38. The Hall–Kier alpha value is -2.91. The van der Waals surface area contributed by atoms with Gasteiger partial charge in [0, 0.05) is 52.6 Å². The van der Waals surface area contributed by atoms with Crippen molar-refractivity contribution in [3.63, 3.8) is 0 Å². The number of likely N-dealkylation sites (N-methyl/N-ethyl adjacent to an activating group) is 1. The summed E-state index contributed by atoms with van der Waals surface area (Å²) in [4.78, 5) is 43.9. The first-order chi connectivity index (χ1) is 16.3. The van der Waals surface area contributed by atoms with E-state index < -0.39 is 12.0 Å². The maximum atomic E-state index is 13.2. The van der Waals surface area contributed by atoms with Crippen molar-refractivity contribution < 1.29 is 23.9 Å². The molecule has 1 N–H and O–H groups in total. The molecule has 9 heteroatoms. The maximum Gasteiger partial charge on any atom is 0.338 e. The lowest BCUT2D eigenvalue weighted by Gasteiger charge is -2.37. The monoisotopic (exact) mass is 472 g/mol. The number of amides is 3. The number of esters is 1. The fourth-order valence-corrected chi connectivity index (χ4v) is 4.59. The summed E-state index contributed by atoms with van der Waals surface area (Å²) in [6.45, 7) is 9.10. The number of urea groups is 1. The van der Waals surface area contributed by atoms with Crippen molar-refractivity contribution in [3.05, 3.63) is 46.2 Å². The van der Waals surface area contributed by atoms with E-state index in [-0.39, 0.29) is 25.2 Å². The van der Waals surface area contributed by atoms with E-state index in [2.05, 4.69) is 10.2 Å². The van der Waals surface area contributed by atoms with Gasteiger partial charge in [-0.25, -0.2) is 9.59 Å². The summed E-state index contributed by atoms with van der Waals surface area (Å²) in [6, 6.07) is 5.13. The third-order valence-corrected chi connectivity index (χ3v) is 6.39. The van der Waals surface area contributed by atoms with Gasteiger partial charge in [-0.05, 0) is 38.3 Å². The van der Waals surface area contributed by atoms with Gasteiger partial charge in [0.15, 0.2) is 0 Å². The summed E-state index contributed by atoms with van der Waals surface area (Å²) in [5.74, 6) is -0.458. The first-order valence-electron chi connectivity index (χ1n) is 11.8. The van der Waals surface area contributed by atoms with Gasteiger partial charge in [-0.2, -0.15) is 0 Å². The van der Waals surface area contributed by atoms with Gasteiger partial charge in [-0.15, -0.1) is 0 Å². The molecule has 186 valence electrons. The molecule has 2 aliphatic heterocycles. The zero-order chi connectivity index (χ0) is 24.8. The molecule has 0 radical (unpaired) electrons. The van der Waals surface area contributed by atoms with Crippen molar-refractivity contribution >= 4 is 17.9 Å². The van der Waals surface area contributed by atoms with Gasteiger partial charge < -0.3 is 19.7 Å². The van der Waals surface area contributed by atoms with Gasteiger partial charge in [0.05, 0.1) is 18.2 Å². The summed E-state index contributed by atoms with van der Waals surface area (Å²) in [7, 11) is 3.19. The van der Waals surface area contributed by atoms with Crippen LogP contribution in [0.4, 0.5) is 4.79 Å². The van der Waals surface area contributed by atoms with Gasteiger partial charge in [0.2, 0.25) is 5.91 Å². The van der Waals surface area contributed by atoms with Crippen LogP contribution >= 0.6 is 0 Å². The normalized spacial score (nSPS) is 19.7. The van der Waals surface area contributed by atoms with Crippen molar-refractivity contribution in [3.8, 4) is 0 Å². The molecule has 0 aliphatic carbocycles. The zero-order valence-electron chi connectivity index (χ0n) is 20.8. The lowest BCUT2D eigenvalue weighted by molar-refractivity contribution is -0.139. The number of carbonyl (C=O) groups is 3. The number of aryl methyl sites for hydroxylation is 2. The SMILES string of the molecule is CCOC(=O)C1=C(CN2CCCN(C(=O)COC)CC2)N(C)C(=O)NC1c1ccc(C)cc1C. The number of hydrogen-bond acceptors (Lipinski definition) is 6. The van der Waals surface area contributed by atoms with E-state index in [1.54, 1.807) is 18.9 Å². The fraction of sp³-hybridized carbons (Fsp3) is 0.560. The lowest BCUT2D eigenvalue weighted by atomic mass is 9.90. The molecule has 0 saturated carbocycles. The van der Waals surface area contributed by atoms with Crippen LogP contribution in [0.1, 0.15) is 36.1 Å². The molecule has 1 atom stereocenters. The molecule has 2 aliphatic rings. The third-order valence-electron chi connectivity index (χ3n) is 6.39. The average molecular weight is 473 g/mol. The Morgan fingerprint density at radius 3 is 2.59 bits per heavy atom. The molecule has 1 unspecified atom stereocenters. The van der Waals surface area contributed by atoms with Crippen LogP contribution in [0.2, 0.25) is 0 Å². The number of nitrogens with one attached hydrogen (secondary N) is 1. The van der Waals surface area contributed by atoms with Crippen molar-refractivity contribution in [1.82, 2.24) is 20.0 Å². The van der Waals surface area contributed by atoms with Crippen molar-refractivity contribution in [2.24, 2.45) is 0 Å². The Bertz CT molecular complexity index is 961. The van der Waals surface area contributed by atoms with Crippen LogP contribution in [0, 0.1) is 13.8 Å². The number of benzene rings is 1. The Labute approximate surface area is 201 Å². The quantitative estimate of drug-likeness (QED) is 0.611. The summed E-state index contributed by atoms with van der Waals surface area (Å²) < 4.78 is 10.4. The average Bonchev–Trinajstić information content (AvgIpc) is 3.03. The number of rotatable bonds is 7. The van der Waals surface area contributed by atoms with E-state index in [0.29, 0.717) is 37.4 Å². The number of nitrogens with zero attached hydrogens (tertiary/aromatic N) is 3. The van der Waals surface area contributed by atoms with Crippen LogP contribution in [0.25, 0.3) is 0 Å². The molecule has 0 bridgehead atoms. The van der Waals surface area contributed by atoms with Crippen LogP contribution in [0.15, 0.2) is 29.5 Å². The molecule has 0 aromatic heterocycles. The molecule has 1 aromatic rings. The molecular formula is C25H36N4O5. The van der Waals surface area contributed by atoms with E-state index in [9.17, 15) is 14.4 Å². The molecule has 1 fully saturated rings. The van der Waals surface area contributed by atoms with E-state index in [0.717, 1.165) is 29.7 Å². The Kier molecular flexibility index (Phi) is 8.68. The van der Waals surface area contributed by atoms with E-state index in [1.807, 2.05) is 32.0 Å². The largest absolute Gasteiger partial charge is 0.463 e. The minimum atomic E-state index is -0.592. The van der Waals surface area contributed by atoms with Crippen LogP contribution in [0.5, 0.6) is 0 Å². The molecule has 0 spiro atoms. The predicted octanol–water partition coefficient (Wildman–Crippen LogP) is 2.00. The van der Waals surface area contributed by atoms with Crippen LogP contribution < -0.4 is 5.32 Å². The van der Waals surface area contributed by atoms with E-state index in [1.165, 1.54) is 12.0 Å². The second-order valence-corrected chi connectivity index (χ2v) is 8.83.